The molecule has 8 heteroatoms. The Bertz CT molecular complexity index is 1490. The fourth-order valence-corrected chi connectivity index (χ4v) is 5.95. The zero-order chi connectivity index (χ0) is 22.1. The van der Waals surface area contributed by atoms with Crippen LogP contribution in [0, 0.1) is 12.7 Å². The number of benzene rings is 1. The lowest BCUT2D eigenvalue weighted by Gasteiger charge is -2.26. The Labute approximate surface area is 182 Å². The van der Waals surface area contributed by atoms with E-state index in [4.69, 9.17) is 20.2 Å². The molecule has 0 amide bonds. The largest absolute Gasteiger partial charge is 0.458 e. The van der Waals surface area contributed by atoms with Gasteiger partial charge in [0.2, 0.25) is 5.60 Å². The van der Waals surface area contributed by atoms with Crippen LogP contribution < -0.4 is 11.3 Å². The first-order valence-corrected chi connectivity index (χ1v) is 10.9. The first kappa shape index (κ1) is 18.5. The quantitative estimate of drug-likeness (QED) is 0.338. The minimum absolute atomic E-state index is 0.0716. The number of ether oxygens (including phenoxy) is 2. The van der Waals surface area contributed by atoms with E-state index in [1.54, 1.807) is 18.4 Å². The van der Waals surface area contributed by atoms with Crippen LogP contribution in [0.15, 0.2) is 16.9 Å². The van der Waals surface area contributed by atoms with Gasteiger partial charge in [-0.15, -0.1) is 0 Å². The SMILES string of the molecule is Cc1c(F)cc2nc3c(c4c2c1CC[C@@H]4N)Cn1c-3cc2c(c1=O)COC(=O)[C@@]21OC1C. The molecule has 1 aliphatic carbocycles. The maximum atomic E-state index is 14.7. The van der Waals surface area contributed by atoms with Crippen molar-refractivity contribution in [1.82, 2.24) is 9.55 Å². The topological polar surface area (TPSA) is 99.7 Å². The van der Waals surface area contributed by atoms with Crippen LogP contribution >= 0.6 is 0 Å². The number of rotatable bonds is 0. The number of nitrogens with zero attached hydrogens (tertiary/aromatic N) is 2. The third-order valence-corrected chi connectivity index (χ3v) is 7.71. The van der Waals surface area contributed by atoms with E-state index in [0.29, 0.717) is 53.0 Å². The molecule has 1 saturated heterocycles. The van der Waals surface area contributed by atoms with Crippen LogP contribution in [0.25, 0.3) is 22.3 Å². The number of epoxide rings is 1. The van der Waals surface area contributed by atoms with Gasteiger partial charge in [-0.1, -0.05) is 0 Å². The van der Waals surface area contributed by atoms with E-state index < -0.39 is 11.6 Å². The fourth-order valence-electron chi connectivity index (χ4n) is 5.95. The summed E-state index contributed by atoms with van der Waals surface area (Å²) in [5.41, 5.74) is 11.3. The Hall–Kier alpha value is -3.10. The average Bonchev–Trinajstić information content (AvgIpc) is 3.29. The summed E-state index contributed by atoms with van der Waals surface area (Å²) >= 11 is 0. The number of aromatic nitrogens is 2. The van der Waals surface area contributed by atoms with E-state index in [9.17, 15) is 14.0 Å². The molecular weight excluding hydrogens is 413 g/mol. The molecule has 0 saturated carbocycles. The molecule has 5 heterocycles. The van der Waals surface area contributed by atoms with Crippen molar-refractivity contribution in [3.05, 3.63) is 61.7 Å². The number of hydrogen-bond acceptors (Lipinski definition) is 6. The van der Waals surface area contributed by atoms with Gasteiger partial charge in [-0.3, -0.25) is 4.79 Å². The number of hydrogen-bond donors (Lipinski definition) is 1. The number of halogens is 1. The fraction of sp³-hybridized carbons (Fsp3) is 0.375. The molecule has 32 heavy (non-hydrogen) atoms. The summed E-state index contributed by atoms with van der Waals surface area (Å²) in [6, 6.07) is 3.08. The Morgan fingerprint density at radius 2 is 2.03 bits per heavy atom. The van der Waals surface area contributed by atoms with Gasteiger partial charge in [-0.05, 0) is 49.4 Å². The summed E-state index contributed by atoms with van der Waals surface area (Å²) in [5, 5.41) is 0.918. The Morgan fingerprint density at radius 3 is 2.78 bits per heavy atom. The Kier molecular flexibility index (Phi) is 3.25. The molecule has 2 aromatic heterocycles. The second kappa shape index (κ2) is 5.63. The third kappa shape index (κ3) is 1.96. The van der Waals surface area contributed by atoms with Gasteiger partial charge in [0, 0.05) is 28.6 Å². The molecule has 7 rings (SSSR count). The predicted molar refractivity (Wildman–Crippen MR) is 113 cm³/mol. The highest BCUT2D eigenvalue weighted by Crippen LogP contribution is 2.52. The van der Waals surface area contributed by atoms with E-state index >= 15 is 0 Å². The van der Waals surface area contributed by atoms with Gasteiger partial charge in [0.05, 0.1) is 29.0 Å². The highest BCUT2D eigenvalue weighted by atomic mass is 19.1. The molecule has 3 aromatic rings. The second-order valence-corrected chi connectivity index (χ2v) is 9.24. The number of fused-ring (bicyclic) bond motifs is 6. The van der Waals surface area contributed by atoms with Gasteiger partial charge in [0.15, 0.2) is 0 Å². The Balaban J connectivity index is 1.56. The van der Waals surface area contributed by atoms with Crippen LogP contribution in [0.5, 0.6) is 0 Å². The van der Waals surface area contributed by atoms with Gasteiger partial charge < -0.3 is 19.8 Å². The molecule has 4 aliphatic rings. The predicted octanol–water partition coefficient (Wildman–Crippen LogP) is 2.49. The van der Waals surface area contributed by atoms with Crippen molar-refractivity contribution in [3.63, 3.8) is 0 Å². The third-order valence-electron chi connectivity index (χ3n) is 7.71. The number of carbonyl (C=O) groups is 1. The lowest BCUT2D eigenvalue weighted by molar-refractivity contribution is -0.154. The van der Waals surface area contributed by atoms with Gasteiger partial charge in [-0.2, -0.15) is 0 Å². The number of pyridine rings is 2. The zero-order valence-corrected chi connectivity index (χ0v) is 17.6. The maximum absolute atomic E-state index is 14.7. The van der Waals surface area contributed by atoms with Gasteiger partial charge in [-0.25, -0.2) is 14.2 Å². The number of carbonyl (C=O) groups excluding carboxylic acids is 1. The van der Waals surface area contributed by atoms with Crippen LogP contribution in [0.3, 0.4) is 0 Å². The molecule has 1 unspecified atom stereocenters. The van der Waals surface area contributed by atoms with Crippen molar-refractivity contribution < 1.29 is 18.7 Å². The molecule has 1 fully saturated rings. The van der Waals surface area contributed by atoms with Gasteiger partial charge in [0.25, 0.3) is 5.56 Å². The molecule has 0 radical (unpaired) electrons. The Morgan fingerprint density at radius 1 is 1.25 bits per heavy atom. The molecule has 162 valence electrons. The van der Waals surface area contributed by atoms with Crippen molar-refractivity contribution >= 4 is 16.9 Å². The molecule has 2 N–H and O–H groups in total. The summed E-state index contributed by atoms with van der Waals surface area (Å²) in [5.74, 6) is -0.755. The number of cyclic esters (lactones) is 1. The lowest BCUT2D eigenvalue weighted by atomic mass is 9.82. The molecule has 1 aromatic carbocycles. The van der Waals surface area contributed by atoms with Crippen LogP contribution in [-0.4, -0.2) is 21.6 Å². The minimum Gasteiger partial charge on any atom is -0.458 e. The normalized spacial score (nSPS) is 26.7. The number of aryl methyl sites for hydroxylation is 1. The van der Waals surface area contributed by atoms with Crippen LogP contribution in [0.2, 0.25) is 0 Å². The van der Waals surface area contributed by atoms with Crippen molar-refractivity contribution in [3.8, 4) is 11.4 Å². The van der Waals surface area contributed by atoms with Gasteiger partial charge in [0.1, 0.15) is 18.5 Å². The number of nitrogens with two attached hydrogens (primary N) is 1. The van der Waals surface area contributed by atoms with Crippen LogP contribution in [0.1, 0.15) is 52.8 Å². The molecular formula is C24H20FN3O4. The van der Waals surface area contributed by atoms with Crippen molar-refractivity contribution in [1.29, 1.82) is 0 Å². The maximum Gasteiger partial charge on any atom is 0.346 e. The highest BCUT2D eigenvalue weighted by Gasteiger charge is 2.65. The highest BCUT2D eigenvalue weighted by molar-refractivity contribution is 5.93. The molecule has 3 atom stereocenters. The summed E-state index contributed by atoms with van der Waals surface area (Å²) in [6.45, 7) is 3.85. The van der Waals surface area contributed by atoms with Crippen molar-refractivity contribution in [2.45, 2.75) is 57.6 Å². The summed E-state index contributed by atoms with van der Waals surface area (Å²) in [6.07, 6.45) is 1.05. The number of esters is 1. The molecule has 0 bridgehead atoms. The summed E-state index contributed by atoms with van der Waals surface area (Å²) < 4.78 is 27.3. The standard InChI is InChI=1S/C24H20FN3O4/c1-9-11-3-4-16(26)19-12-7-28-18(21(12)27-17(20(11)19)6-15(9)25)5-14-13(22(28)29)8-31-23(30)24(14)10(2)32-24/h5-6,10,16H,3-4,7-8,26H2,1-2H3/t10?,16-,24-/m0/s1. The first-order valence-electron chi connectivity index (χ1n) is 10.9. The molecule has 3 aliphatic heterocycles. The summed E-state index contributed by atoms with van der Waals surface area (Å²) in [7, 11) is 0. The van der Waals surface area contributed by atoms with E-state index in [1.165, 1.54) is 6.07 Å². The lowest BCUT2D eigenvalue weighted by Crippen LogP contribution is -2.38. The van der Waals surface area contributed by atoms with E-state index in [1.807, 2.05) is 6.07 Å². The molecule has 7 nitrogen and oxygen atoms in total. The monoisotopic (exact) mass is 433 g/mol. The van der Waals surface area contributed by atoms with E-state index in [0.717, 1.165) is 22.1 Å². The smallest absolute Gasteiger partial charge is 0.346 e. The zero-order valence-electron chi connectivity index (χ0n) is 17.6. The second-order valence-electron chi connectivity index (χ2n) is 9.24. The molecule has 1 spiro atoms. The first-order chi connectivity index (χ1) is 15.3. The van der Waals surface area contributed by atoms with Gasteiger partial charge >= 0.3 is 5.97 Å². The van der Waals surface area contributed by atoms with E-state index in [2.05, 4.69) is 0 Å². The summed E-state index contributed by atoms with van der Waals surface area (Å²) in [4.78, 5) is 30.8. The minimum atomic E-state index is -1.22. The average molecular weight is 433 g/mol. The van der Waals surface area contributed by atoms with E-state index in [-0.39, 0.29) is 30.1 Å². The van der Waals surface area contributed by atoms with Crippen molar-refractivity contribution in [2.75, 3.05) is 0 Å². The van der Waals surface area contributed by atoms with Crippen LogP contribution in [-0.2, 0) is 39.4 Å². The van der Waals surface area contributed by atoms with Crippen LogP contribution in [0.4, 0.5) is 4.39 Å². The van der Waals surface area contributed by atoms with Crippen molar-refractivity contribution in [2.24, 2.45) is 5.73 Å².